The fraction of sp³-hybridized carbons (Fsp3) is 0.357. The van der Waals surface area contributed by atoms with Crippen LogP contribution in [-0.4, -0.2) is 22.8 Å². The minimum atomic E-state index is -0.539. The molecule has 4 heteroatoms. The van der Waals surface area contributed by atoms with E-state index >= 15 is 0 Å². The first kappa shape index (κ1) is 13.0. The fourth-order valence-electron chi connectivity index (χ4n) is 1.89. The predicted molar refractivity (Wildman–Crippen MR) is 73.7 cm³/mol. The standard InChI is InChI=1S/C14H16ClNO2/c1-3-7-18-12-6-4-5-11-13(12)10(8-16-11)14(17)9(2)15/h4-6,8-9,16H,3,7H2,1-2H3. The predicted octanol–water partition coefficient (Wildman–Crippen LogP) is 3.77. The van der Waals surface area contributed by atoms with Gasteiger partial charge in [0, 0.05) is 17.3 Å². The topological polar surface area (TPSA) is 42.1 Å². The first-order chi connectivity index (χ1) is 8.65. The van der Waals surface area contributed by atoms with Gasteiger partial charge < -0.3 is 9.72 Å². The number of carbonyl (C=O) groups excluding carboxylic acids is 1. The molecule has 1 aromatic carbocycles. The second-order valence-electron chi connectivity index (χ2n) is 4.21. The number of fused-ring (bicyclic) bond motifs is 1. The third-order valence-corrected chi connectivity index (χ3v) is 2.95. The maximum atomic E-state index is 12.0. The molecule has 1 heterocycles. The van der Waals surface area contributed by atoms with Gasteiger partial charge in [0.1, 0.15) is 5.75 Å². The van der Waals surface area contributed by atoms with Crippen LogP contribution in [-0.2, 0) is 0 Å². The second-order valence-corrected chi connectivity index (χ2v) is 4.86. The second kappa shape index (κ2) is 5.44. The van der Waals surface area contributed by atoms with Crippen molar-refractivity contribution in [2.45, 2.75) is 25.6 Å². The quantitative estimate of drug-likeness (QED) is 0.661. The number of hydrogen-bond donors (Lipinski definition) is 1. The molecule has 1 N–H and O–H groups in total. The van der Waals surface area contributed by atoms with Gasteiger partial charge in [-0.25, -0.2) is 0 Å². The van der Waals surface area contributed by atoms with Crippen molar-refractivity contribution in [1.82, 2.24) is 4.98 Å². The van der Waals surface area contributed by atoms with Crippen molar-refractivity contribution >= 4 is 28.3 Å². The normalized spacial score (nSPS) is 12.6. The van der Waals surface area contributed by atoms with E-state index in [9.17, 15) is 4.79 Å². The highest BCUT2D eigenvalue weighted by molar-refractivity contribution is 6.35. The highest BCUT2D eigenvalue weighted by Crippen LogP contribution is 2.30. The van der Waals surface area contributed by atoms with Gasteiger partial charge >= 0.3 is 0 Å². The van der Waals surface area contributed by atoms with Crippen molar-refractivity contribution in [2.75, 3.05) is 6.61 Å². The van der Waals surface area contributed by atoms with E-state index in [1.165, 1.54) is 0 Å². The van der Waals surface area contributed by atoms with Gasteiger partial charge in [0.2, 0.25) is 0 Å². The van der Waals surface area contributed by atoms with Crippen molar-refractivity contribution in [1.29, 1.82) is 0 Å². The number of benzene rings is 1. The maximum absolute atomic E-state index is 12.0. The Morgan fingerprint density at radius 3 is 2.94 bits per heavy atom. The number of ketones is 1. The van der Waals surface area contributed by atoms with Gasteiger partial charge in [-0.05, 0) is 25.5 Å². The SMILES string of the molecule is CCCOc1cccc2[nH]cc(C(=O)C(C)Cl)c12. The molecular weight excluding hydrogens is 250 g/mol. The van der Waals surface area contributed by atoms with E-state index < -0.39 is 5.38 Å². The molecule has 1 aromatic heterocycles. The van der Waals surface area contributed by atoms with Crippen LogP contribution in [0.25, 0.3) is 10.9 Å². The van der Waals surface area contributed by atoms with Crippen LogP contribution in [0.3, 0.4) is 0 Å². The lowest BCUT2D eigenvalue weighted by atomic mass is 10.1. The molecule has 0 aliphatic heterocycles. The Balaban J connectivity index is 2.51. The number of nitrogens with one attached hydrogen (secondary N) is 1. The molecule has 18 heavy (non-hydrogen) atoms. The number of alkyl halides is 1. The van der Waals surface area contributed by atoms with Crippen LogP contribution in [0.15, 0.2) is 24.4 Å². The van der Waals surface area contributed by atoms with Crippen molar-refractivity contribution in [3.8, 4) is 5.75 Å². The van der Waals surface area contributed by atoms with Crippen LogP contribution in [0.2, 0.25) is 0 Å². The number of aromatic nitrogens is 1. The summed E-state index contributed by atoms with van der Waals surface area (Å²) in [4.78, 5) is 15.1. The van der Waals surface area contributed by atoms with Gasteiger partial charge in [-0.1, -0.05) is 13.0 Å². The minimum Gasteiger partial charge on any atom is -0.493 e. The van der Waals surface area contributed by atoms with Gasteiger partial charge in [0.25, 0.3) is 0 Å². The number of carbonyl (C=O) groups is 1. The summed E-state index contributed by atoms with van der Waals surface area (Å²) >= 11 is 5.87. The first-order valence-electron chi connectivity index (χ1n) is 6.06. The van der Waals surface area contributed by atoms with Crippen LogP contribution in [0, 0.1) is 0 Å². The zero-order valence-electron chi connectivity index (χ0n) is 10.5. The number of hydrogen-bond acceptors (Lipinski definition) is 2. The highest BCUT2D eigenvalue weighted by atomic mass is 35.5. The number of halogens is 1. The van der Waals surface area contributed by atoms with Crippen molar-refractivity contribution in [3.05, 3.63) is 30.0 Å². The zero-order chi connectivity index (χ0) is 13.1. The Labute approximate surface area is 111 Å². The van der Waals surface area contributed by atoms with Crippen molar-refractivity contribution < 1.29 is 9.53 Å². The molecule has 0 bridgehead atoms. The zero-order valence-corrected chi connectivity index (χ0v) is 11.3. The minimum absolute atomic E-state index is 0.0875. The van der Waals surface area contributed by atoms with E-state index in [1.54, 1.807) is 13.1 Å². The molecule has 96 valence electrons. The van der Waals surface area contributed by atoms with E-state index in [0.717, 1.165) is 23.1 Å². The molecular formula is C14H16ClNO2. The maximum Gasteiger partial charge on any atom is 0.182 e. The largest absolute Gasteiger partial charge is 0.493 e. The summed E-state index contributed by atoms with van der Waals surface area (Å²) < 4.78 is 5.68. The number of rotatable bonds is 5. The van der Waals surface area contributed by atoms with Crippen LogP contribution in [0.4, 0.5) is 0 Å². The van der Waals surface area contributed by atoms with E-state index in [0.29, 0.717) is 12.2 Å². The molecule has 0 amide bonds. The smallest absolute Gasteiger partial charge is 0.182 e. The van der Waals surface area contributed by atoms with Gasteiger partial charge in [0.15, 0.2) is 5.78 Å². The third-order valence-electron chi connectivity index (χ3n) is 2.76. The molecule has 0 aliphatic carbocycles. The Morgan fingerprint density at radius 2 is 2.28 bits per heavy atom. The summed E-state index contributed by atoms with van der Waals surface area (Å²) in [5.41, 5.74) is 1.49. The molecule has 0 spiro atoms. The first-order valence-corrected chi connectivity index (χ1v) is 6.50. The summed E-state index contributed by atoms with van der Waals surface area (Å²) in [5, 5.41) is 0.284. The summed E-state index contributed by atoms with van der Waals surface area (Å²) in [5.74, 6) is 0.645. The number of aromatic amines is 1. The lowest BCUT2D eigenvalue weighted by Gasteiger charge is -2.08. The molecule has 0 saturated heterocycles. The van der Waals surface area contributed by atoms with Crippen LogP contribution in [0.1, 0.15) is 30.6 Å². The average molecular weight is 266 g/mol. The fourth-order valence-corrected chi connectivity index (χ4v) is 2.01. The Hall–Kier alpha value is -1.48. The summed E-state index contributed by atoms with van der Waals surface area (Å²) in [6.45, 7) is 4.36. The summed E-state index contributed by atoms with van der Waals surface area (Å²) in [6, 6.07) is 5.70. The van der Waals surface area contributed by atoms with Crippen molar-refractivity contribution in [2.24, 2.45) is 0 Å². The Morgan fingerprint density at radius 1 is 1.50 bits per heavy atom. The third kappa shape index (κ3) is 2.36. The number of ether oxygens (including phenoxy) is 1. The number of Topliss-reactive ketones (excluding diaryl/α,β-unsaturated/α-hetero) is 1. The van der Waals surface area contributed by atoms with E-state index in [1.807, 2.05) is 25.1 Å². The molecule has 2 aromatic rings. The van der Waals surface area contributed by atoms with E-state index in [2.05, 4.69) is 4.98 Å². The molecule has 0 aliphatic rings. The van der Waals surface area contributed by atoms with Crippen molar-refractivity contribution in [3.63, 3.8) is 0 Å². The summed E-state index contributed by atoms with van der Waals surface area (Å²) in [6.07, 6.45) is 2.63. The summed E-state index contributed by atoms with van der Waals surface area (Å²) in [7, 11) is 0. The Bertz CT molecular complexity index is 560. The molecule has 1 unspecified atom stereocenters. The molecule has 3 nitrogen and oxygen atoms in total. The average Bonchev–Trinajstić information content (AvgIpc) is 2.79. The Kier molecular flexibility index (Phi) is 3.92. The van der Waals surface area contributed by atoms with Crippen LogP contribution in [0.5, 0.6) is 5.75 Å². The number of H-pyrrole nitrogens is 1. The lowest BCUT2D eigenvalue weighted by Crippen LogP contribution is -2.10. The van der Waals surface area contributed by atoms with Crippen LogP contribution >= 0.6 is 11.6 Å². The molecule has 1 atom stereocenters. The lowest BCUT2D eigenvalue weighted by molar-refractivity contribution is 0.0993. The molecule has 2 rings (SSSR count). The molecule has 0 fully saturated rings. The molecule has 0 saturated carbocycles. The van der Waals surface area contributed by atoms with Gasteiger partial charge in [-0.2, -0.15) is 0 Å². The van der Waals surface area contributed by atoms with Gasteiger partial charge in [-0.3, -0.25) is 4.79 Å². The van der Waals surface area contributed by atoms with E-state index in [4.69, 9.17) is 16.3 Å². The van der Waals surface area contributed by atoms with E-state index in [-0.39, 0.29) is 5.78 Å². The van der Waals surface area contributed by atoms with Gasteiger partial charge in [-0.15, -0.1) is 11.6 Å². The monoisotopic (exact) mass is 265 g/mol. The highest BCUT2D eigenvalue weighted by Gasteiger charge is 2.19. The molecule has 0 radical (unpaired) electrons. The van der Waals surface area contributed by atoms with Crippen LogP contribution < -0.4 is 4.74 Å². The van der Waals surface area contributed by atoms with Gasteiger partial charge in [0.05, 0.1) is 17.4 Å².